The Morgan fingerprint density at radius 1 is 1.24 bits per heavy atom. The van der Waals surface area contributed by atoms with Crippen molar-refractivity contribution in [3.8, 4) is 11.5 Å². The predicted molar refractivity (Wildman–Crippen MR) is 133 cm³/mol. The van der Waals surface area contributed by atoms with Crippen LogP contribution in [0.4, 0.5) is 4.79 Å². The lowest BCUT2D eigenvalue weighted by molar-refractivity contribution is -0.135. The number of carbonyl (C=O) groups is 2. The monoisotopic (exact) mass is 489 g/mol. The number of ether oxygens (including phenoxy) is 3. The van der Waals surface area contributed by atoms with Crippen LogP contribution in [0.1, 0.15) is 36.2 Å². The van der Waals surface area contributed by atoms with E-state index in [2.05, 4.69) is 16.8 Å². The van der Waals surface area contributed by atoms with Gasteiger partial charge in [-0.25, -0.2) is 4.79 Å². The van der Waals surface area contributed by atoms with E-state index in [1.807, 2.05) is 36.1 Å². The zero-order valence-electron chi connectivity index (χ0n) is 20.2. The molecule has 2 heterocycles. The highest BCUT2D eigenvalue weighted by atomic mass is 32.1. The van der Waals surface area contributed by atoms with Crippen molar-refractivity contribution >= 4 is 23.3 Å². The van der Waals surface area contributed by atoms with E-state index >= 15 is 0 Å². The number of amides is 3. The molecule has 3 amide bonds. The van der Waals surface area contributed by atoms with Crippen LogP contribution in [0.25, 0.3) is 0 Å². The Kier molecular flexibility index (Phi) is 10.0. The smallest absolute Gasteiger partial charge is 0.317 e. The van der Waals surface area contributed by atoms with E-state index in [1.165, 1.54) is 4.88 Å². The molecule has 0 radical (unpaired) electrons. The van der Waals surface area contributed by atoms with Crippen molar-refractivity contribution in [3.05, 3.63) is 46.2 Å². The summed E-state index contributed by atoms with van der Waals surface area (Å²) in [7, 11) is 3.25. The van der Waals surface area contributed by atoms with Crippen molar-refractivity contribution in [2.75, 3.05) is 53.6 Å². The van der Waals surface area contributed by atoms with E-state index in [1.54, 1.807) is 30.5 Å². The molecule has 0 saturated carbocycles. The largest absolute Gasteiger partial charge is 0.497 e. The topological polar surface area (TPSA) is 80.3 Å². The zero-order chi connectivity index (χ0) is 24.3. The standard InChI is InChI=1S/C25H35N3O5S/c1-4-11-26-25(30)27(12-6-14-31-2)17-24(29)28-13-9-23-21(10-15-34-23)22(28)18-33-20-8-5-7-19(16-20)32-3/h5,7-8,10,15-16,22H,4,6,9,11-14,17-18H2,1-3H3,(H,26,30)/t22-/m0/s1. The molecule has 0 spiro atoms. The number of thiophene rings is 1. The van der Waals surface area contributed by atoms with Crippen LogP contribution in [-0.2, 0) is 16.0 Å². The normalized spacial score (nSPS) is 14.9. The lowest BCUT2D eigenvalue weighted by atomic mass is 10.0. The molecule has 0 fully saturated rings. The Hall–Kier alpha value is -2.78. The van der Waals surface area contributed by atoms with Gasteiger partial charge in [0.25, 0.3) is 0 Å². The summed E-state index contributed by atoms with van der Waals surface area (Å²) >= 11 is 1.71. The van der Waals surface area contributed by atoms with E-state index in [9.17, 15) is 9.59 Å². The summed E-state index contributed by atoms with van der Waals surface area (Å²) in [5.41, 5.74) is 1.12. The first kappa shape index (κ1) is 25.8. The highest BCUT2D eigenvalue weighted by Crippen LogP contribution is 2.34. The van der Waals surface area contributed by atoms with Gasteiger partial charge in [-0.2, -0.15) is 0 Å². The highest BCUT2D eigenvalue weighted by molar-refractivity contribution is 7.10. The molecule has 2 aromatic rings. The molecular weight excluding hydrogens is 454 g/mol. The van der Waals surface area contributed by atoms with Crippen molar-refractivity contribution in [2.45, 2.75) is 32.2 Å². The van der Waals surface area contributed by atoms with E-state index in [-0.39, 0.29) is 24.5 Å². The summed E-state index contributed by atoms with van der Waals surface area (Å²) in [6.07, 6.45) is 2.31. The fraction of sp³-hybridized carbons (Fsp3) is 0.520. The Bertz CT molecular complexity index is 935. The summed E-state index contributed by atoms with van der Waals surface area (Å²) in [5, 5.41) is 4.95. The highest BCUT2D eigenvalue weighted by Gasteiger charge is 2.33. The molecule has 1 atom stereocenters. The van der Waals surface area contributed by atoms with Crippen LogP contribution in [0.3, 0.4) is 0 Å². The summed E-state index contributed by atoms with van der Waals surface area (Å²) in [6, 6.07) is 9.09. The van der Waals surface area contributed by atoms with Crippen LogP contribution in [0.2, 0.25) is 0 Å². The maximum absolute atomic E-state index is 13.5. The van der Waals surface area contributed by atoms with E-state index < -0.39 is 0 Å². The van der Waals surface area contributed by atoms with E-state index in [4.69, 9.17) is 14.2 Å². The molecule has 3 rings (SSSR count). The number of fused-ring (bicyclic) bond motifs is 1. The summed E-state index contributed by atoms with van der Waals surface area (Å²) < 4.78 is 16.5. The van der Waals surface area contributed by atoms with Gasteiger partial charge >= 0.3 is 6.03 Å². The van der Waals surface area contributed by atoms with E-state index in [0.29, 0.717) is 45.0 Å². The average Bonchev–Trinajstić information content (AvgIpc) is 3.34. The molecule has 8 nitrogen and oxygen atoms in total. The lowest BCUT2D eigenvalue weighted by Gasteiger charge is -2.37. The Labute approximate surface area is 205 Å². The van der Waals surface area contributed by atoms with Crippen LogP contribution < -0.4 is 14.8 Å². The number of nitrogens with zero attached hydrogens (tertiary/aromatic N) is 2. The molecule has 1 aliphatic rings. The second kappa shape index (κ2) is 13.2. The van der Waals surface area contributed by atoms with Gasteiger partial charge in [0, 0.05) is 44.3 Å². The van der Waals surface area contributed by atoms with Gasteiger partial charge < -0.3 is 29.3 Å². The first-order chi connectivity index (χ1) is 16.6. The molecule has 0 unspecified atom stereocenters. The fourth-order valence-electron chi connectivity index (χ4n) is 3.99. The molecule has 34 heavy (non-hydrogen) atoms. The van der Waals surface area contributed by atoms with Gasteiger partial charge in [0.15, 0.2) is 0 Å². The van der Waals surface area contributed by atoms with Gasteiger partial charge in [-0.1, -0.05) is 13.0 Å². The average molecular weight is 490 g/mol. The van der Waals surface area contributed by atoms with Crippen molar-refractivity contribution in [2.24, 2.45) is 0 Å². The third-order valence-corrected chi connectivity index (χ3v) is 6.78. The van der Waals surface area contributed by atoms with Gasteiger partial charge in [0.1, 0.15) is 24.7 Å². The minimum atomic E-state index is -0.219. The number of hydrogen-bond donors (Lipinski definition) is 1. The van der Waals surface area contributed by atoms with Crippen LogP contribution in [0.5, 0.6) is 11.5 Å². The summed E-state index contributed by atoms with van der Waals surface area (Å²) in [5.74, 6) is 1.32. The molecule has 1 N–H and O–H groups in total. The first-order valence-electron chi connectivity index (χ1n) is 11.7. The Morgan fingerprint density at radius 2 is 2.06 bits per heavy atom. The minimum absolute atomic E-state index is 0.0222. The molecule has 1 aromatic heterocycles. The molecule has 1 aliphatic heterocycles. The van der Waals surface area contributed by atoms with Crippen LogP contribution in [0, 0.1) is 0 Å². The zero-order valence-corrected chi connectivity index (χ0v) is 21.1. The van der Waals surface area contributed by atoms with Crippen molar-refractivity contribution in [3.63, 3.8) is 0 Å². The third-order valence-electron chi connectivity index (χ3n) is 5.78. The van der Waals surface area contributed by atoms with Crippen LogP contribution >= 0.6 is 11.3 Å². The number of rotatable bonds is 12. The number of urea groups is 1. The van der Waals surface area contributed by atoms with Gasteiger partial charge in [-0.05, 0) is 48.4 Å². The van der Waals surface area contributed by atoms with Crippen molar-refractivity contribution in [1.82, 2.24) is 15.1 Å². The SMILES string of the molecule is CCCNC(=O)N(CCCOC)CC(=O)N1CCc2sccc2[C@@H]1COc1cccc(OC)c1. The maximum atomic E-state index is 13.5. The van der Waals surface area contributed by atoms with Gasteiger partial charge in [-0.3, -0.25) is 4.79 Å². The second-order valence-corrected chi connectivity index (χ2v) is 9.14. The van der Waals surface area contributed by atoms with Crippen molar-refractivity contribution < 1.29 is 23.8 Å². The number of methoxy groups -OCH3 is 2. The van der Waals surface area contributed by atoms with Crippen LogP contribution in [-0.4, -0.2) is 75.4 Å². The lowest BCUT2D eigenvalue weighted by Crippen LogP contribution is -2.50. The summed E-state index contributed by atoms with van der Waals surface area (Å²) in [4.78, 5) is 30.9. The fourth-order valence-corrected chi connectivity index (χ4v) is 4.92. The first-order valence-corrected chi connectivity index (χ1v) is 12.6. The minimum Gasteiger partial charge on any atom is -0.497 e. The predicted octanol–water partition coefficient (Wildman–Crippen LogP) is 3.72. The molecule has 0 aliphatic carbocycles. The third kappa shape index (κ3) is 6.87. The number of nitrogens with one attached hydrogen (secondary N) is 1. The van der Waals surface area contributed by atoms with Crippen molar-refractivity contribution in [1.29, 1.82) is 0 Å². The quantitative estimate of drug-likeness (QED) is 0.460. The molecular formula is C25H35N3O5S. The molecule has 0 saturated heterocycles. The second-order valence-electron chi connectivity index (χ2n) is 8.14. The number of hydrogen-bond acceptors (Lipinski definition) is 6. The van der Waals surface area contributed by atoms with E-state index in [0.717, 1.165) is 24.2 Å². The molecule has 0 bridgehead atoms. The van der Waals surface area contributed by atoms with Gasteiger partial charge in [0.05, 0.1) is 13.2 Å². The molecule has 9 heteroatoms. The number of benzene rings is 1. The molecule has 1 aromatic carbocycles. The maximum Gasteiger partial charge on any atom is 0.317 e. The Balaban J connectivity index is 1.73. The number of carbonyl (C=O) groups excluding carboxylic acids is 2. The summed E-state index contributed by atoms with van der Waals surface area (Å²) in [6.45, 7) is 4.51. The van der Waals surface area contributed by atoms with Crippen LogP contribution in [0.15, 0.2) is 35.7 Å². The van der Waals surface area contributed by atoms with Gasteiger partial charge in [-0.15, -0.1) is 11.3 Å². The van der Waals surface area contributed by atoms with Gasteiger partial charge in [0.2, 0.25) is 5.91 Å². The molecule has 186 valence electrons. The Morgan fingerprint density at radius 3 is 2.82 bits per heavy atom.